The van der Waals surface area contributed by atoms with Gasteiger partial charge in [0.25, 0.3) is 0 Å². The van der Waals surface area contributed by atoms with Crippen molar-refractivity contribution in [1.29, 1.82) is 0 Å². The van der Waals surface area contributed by atoms with Crippen LogP contribution in [0.25, 0.3) is 0 Å². The van der Waals surface area contributed by atoms with Crippen LogP contribution < -0.4 is 10.1 Å². The quantitative estimate of drug-likeness (QED) is 0.707. The molecule has 2 aromatic carbocycles. The minimum atomic E-state index is -3.85. The van der Waals surface area contributed by atoms with E-state index in [0.29, 0.717) is 25.4 Å². The summed E-state index contributed by atoms with van der Waals surface area (Å²) in [6, 6.07) is 15.6. The predicted molar refractivity (Wildman–Crippen MR) is 111 cm³/mol. The Kier molecular flexibility index (Phi) is 7.24. The van der Waals surface area contributed by atoms with Crippen LogP contribution in [0.5, 0.6) is 5.75 Å². The lowest BCUT2D eigenvalue weighted by molar-refractivity contribution is -0.132. The highest BCUT2D eigenvalue weighted by Gasteiger charge is 2.29. The Bertz CT molecular complexity index is 895. The van der Waals surface area contributed by atoms with Crippen molar-refractivity contribution < 1.29 is 17.9 Å². The van der Waals surface area contributed by atoms with Crippen LogP contribution in [0.3, 0.4) is 0 Å². The lowest BCUT2D eigenvalue weighted by atomic mass is 10.2. The van der Waals surface area contributed by atoms with Crippen LogP contribution in [0, 0.1) is 0 Å². The van der Waals surface area contributed by atoms with Crippen molar-refractivity contribution >= 4 is 15.9 Å². The van der Waals surface area contributed by atoms with Crippen molar-refractivity contribution in [3.05, 3.63) is 60.2 Å². The minimum Gasteiger partial charge on any atom is -0.494 e. The van der Waals surface area contributed by atoms with Crippen molar-refractivity contribution in [3.63, 3.8) is 0 Å². The monoisotopic (exact) mass is 417 g/mol. The van der Waals surface area contributed by atoms with E-state index in [1.54, 1.807) is 17.0 Å². The molecule has 0 bridgehead atoms. The van der Waals surface area contributed by atoms with Crippen molar-refractivity contribution in [2.75, 3.05) is 39.3 Å². The van der Waals surface area contributed by atoms with Gasteiger partial charge in [-0.3, -0.25) is 4.79 Å². The summed E-state index contributed by atoms with van der Waals surface area (Å²) in [7, 11) is -3.85. The molecule has 8 heteroatoms. The fourth-order valence-electron chi connectivity index (χ4n) is 3.20. The third-order valence-electron chi connectivity index (χ3n) is 4.76. The van der Waals surface area contributed by atoms with Gasteiger partial charge in [-0.15, -0.1) is 0 Å². The molecule has 1 heterocycles. The summed E-state index contributed by atoms with van der Waals surface area (Å²) in [5.74, 6) is 0.426. The van der Waals surface area contributed by atoms with E-state index in [1.165, 1.54) is 16.4 Å². The lowest BCUT2D eigenvalue weighted by Gasteiger charge is -2.30. The van der Waals surface area contributed by atoms with E-state index in [-0.39, 0.29) is 23.9 Å². The molecule has 0 aromatic heterocycles. The molecule has 1 saturated heterocycles. The summed E-state index contributed by atoms with van der Waals surface area (Å²) in [5, 5.41) is 3.20. The van der Waals surface area contributed by atoms with E-state index in [1.807, 2.05) is 37.3 Å². The molecular formula is C21H27N3O4S. The Morgan fingerprint density at radius 3 is 2.34 bits per heavy atom. The maximum atomic E-state index is 13.3. The molecule has 1 N–H and O–H groups in total. The van der Waals surface area contributed by atoms with E-state index in [9.17, 15) is 13.2 Å². The SMILES string of the molecule is CCOc1ccc(S(=O)(=O)N(CC(=O)N2CCNCC2)Cc2ccccc2)cc1. The third kappa shape index (κ3) is 5.56. The van der Waals surface area contributed by atoms with Crippen LogP contribution in [0.15, 0.2) is 59.5 Å². The van der Waals surface area contributed by atoms with E-state index in [2.05, 4.69) is 5.32 Å². The largest absolute Gasteiger partial charge is 0.494 e. The molecule has 2 aromatic rings. The summed E-state index contributed by atoms with van der Waals surface area (Å²) in [5.41, 5.74) is 0.829. The molecule has 3 rings (SSSR count). The number of ether oxygens (including phenoxy) is 1. The van der Waals surface area contributed by atoms with Gasteiger partial charge in [-0.05, 0) is 36.8 Å². The van der Waals surface area contributed by atoms with E-state index >= 15 is 0 Å². The second-order valence-corrected chi connectivity index (χ2v) is 8.73. The Labute approximate surface area is 172 Å². The molecule has 1 amide bonds. The highest BCUT2D eigenvalue weighted by Crippen LogP contribution is 2.22. The number of carbonyl (C=O) groups excluding carboxylic acids is 1. The van der Waals surface area contributed by atoms with E-state index < -0.39 is 10.0 Å². The Morgan fingerprint density at radius 1 is 1.07 bits per heavy atom. The first kappa shape index (κ1) is 21.3. The Hall–Kier alpha value is -2.42. The number of nitrogens with one attached hydrogen (secondary N) is 1. The van der Waals surface area contributed by atoms with Crippen molar-refractivity contribution in [1.82, 2.24) is 14.5 Å². The molecular weight excluding hydrogens is 390 g/mol. The number of benzene rings is 2. The highest BCUT2D eigenvalue weighted by molar-refractivity contribution is 7.89. The summed E-state index contributed by atoms with van der Waals surface area (Å²) in [6.45, 7) is 4.92. The molecule has 29 heavy (non-hydrogen) atoms. The lowest BCUT2D eigenvalue weighted by Crippen LogP contribution is -2.50. The summed E-state index contributed by atoms with van der Waals surface area (Å²) in [6.07, 6.45) is 0. The van der Waals surface area contributed by atoms with Crippen LogP contribution in [0.1, 0.15) is 12.5 Å². The Morgan fingerprint density at radius 2 is 1.72 bits per heavy atom. The third-order valence-corrected chi connectivity index (χ3v) is 6.56. The molecule has 7 nitrogen and oxygen atoms in total. The van der Waals surface area contributed by atoms with E-state index in [0.717, 1.165) is 18.7 Å². The topological polar surface area (TPSA) is 79.0 Å². The molecule has 1 aliphatic heterocycles. The average Bonchev–Trinajstić information content (AvgIpc) is 2.75. The highest BCUT2D eigenvalue weighted by atomic mass is 32.2. The number of rotatable bonds is 8. The standard InChI is InChI=1S/C21H27N3O4S/c1-2-28-19-8-10-20(11-9-19)29(26,27)24(16-18-6-4-3-5-7-18)17-21(25)23-14-12-22-13-15-23/h3-11,22H,2,12-17H2,1H3. The van der Waals surface area contributed by atoms with Gasteiger partial charge in [-0.1, -0.05) is 30.3 Å². The summed E-state index contributed by atoms with van der Waals surface area (Å²) >= 11 is 0. The van der Waals surface area contributed by atoms with Gasteiger partial charge in [0.1, 0.15) is 5.75 Å². The maximum absolute atomic E-state index is 13.3. The van der Waals surface area contributed by atoms with E-state index in [4.69, 9.17) is 4.74 Å². The molecule has 0 saturated carbocycles. The van der Waals surface area contributed by atoms with Crippen molar-refractivity contribution in [2.45, 2.75) is 18.4 Å². The van der Waals surface area contributed by atoms with Gasteiger partial charge in [-0.25, -0.2) is 8.42 Å². The van der Waals surface area contributed by atoms with Gasteiger partial charge in [0, 0.05) is 32.7 Å². The molecule has 156 valence electrons. The average molecular weight is 418 g/mol. The molecule has 0 atom stereocenters. The molecule has 0 spiro atoms. The second-order valence-electron chi connectivity index (χ2n) is 6.79. The fraction of sp³-hybridized carbons (Fsp3) is 0.381. The predicted octanol–water partition coefficient (Wildman–Crippen LogP) is 1.71. The van der Waals surface area contributed by atoms with Crippen LogP contribution >= 0.6 is 0 Å². The number of hydrogen-bond donors (Lipinski definition) is 1. The zero-order valence-electron chi connectivity index (χ0n) is 16.6. The molecule has 0 aliphatic carbocycles. The normalized spacial score (nSPS) is 14.8. The zero-order chi connectivity index (χ0) is 20.7. The number of sulfonamides is 1. The van der Waals surface area contributed by atoms with Gasteiger partial charge in [0.15, 0.2) is 0 Å². The number of carbonyl (C=O) groups is 1. The van der Waals surface area contributed by atoms with Gasteiger partial charge in [0.2, 0.25) is 15.9 Å². The smallest absolute Gasteiger partial charge is 0.243 e. The van der Waals surface area contributed by atoms with Crippen molar-refractivity contribution in [3.8, 4) is 5.75 Å². The first-order valence-electron chi connectivity index (χ1n) is 9.76. The first-order chi connectivity index (χ1) is 14.0. The Balaban J connectivity index is 1.84. The molecule has 0 unspecified atom stereocenters. The minimum absolute atomic E-state index is 0.133. The molecule has 1 aliphatic rings. The van der Waals surface area contributed by atoms with Gasteiger partial charge >= 0.3 is 0 Å². The number of piperazine rings is 1. The first-order valence-corrected chi connectivity index (χ1v) is 11.2. The van der Waals surface area contributed by atoms with Gasteiger partial charge < -0.3 is 15.0 Å². The summed E-state index contributed by atoms with van der Waals surface area (Å²) in [4.78, 5) is 14.6. The van der Waals surface area contributed by atoms with Crippen LogP contribution in [0.4, 0.5) is 0 Å². The zero-order valence-corrected chi connectivity index (χ0v) is 17.4. The van der Waals surface area contributed by atoms with Crippen LogP contribution in [-0.2, 0) is 21.4 Å². The second kappa shape index (κ2) is 9.87. The molecule has 1 fully saturated rings. The van der Waals surface area contributed by atoms with Gasteiger partial charge in [0.05, 0.1) is 18.0 Å². The fourth-order valence-corrected chi connectivity index (χ4v) is 4.58. The maximum Gasteiger partial charge on any atom is 0.243 e. The number of nitrogens with zero attached hydrogens (tertiary/aromatic N) is 2. The van der Waals surface area contributed by atoms with Crippen LogP contribution in [0.2, 0.25) is 0 Å². The molecule has 0 radical (unpaired) electrons. The van der Waals surface area contributed by atoms with Crippen LogP contribution in [-0.4, -0.2) is 62.9 Å². The number of hydrogen-bond acceptors (Lipinski definition) is 5. The number of amides is 1. The summed E-state index contributed by atoms with van der Waals surface area (Å²) < 4.78 is 33.3. The van der Waals surface area contributed by atoms with Crippen molar-refractivity contribution in [2.24, 2.45) is 0 Å². The van der Waals surface area contributed by atoms with Gasteiger partial charge in [-0.2, -0.15) is 4.31 Å².